The van der Waals surface area contributed by atoms with Crippen molar-refractivity contribution in [3.63, 3.8) is 0 Å². The van der Waals surface area contributed by atoms with Gasteiger partial charge in [-0.25, -0.2) is 9.40 Å². The van der Waals surface area contributed by atoms with Crippen molar-refractivity contribution in [2.45, 2.75) is 25.6 Å². The topological polar surface area (TPSA) is 47.2 Å². The largest absolute Gasteiger partial charge is 0.493 e. The van der Waals surface area contributed by atoms with Crippen LogP contribution < -0.4 is 9.47 Å². The Kier molecular flexibility index (Phi) is 3.86. The average Bonchev–Trinajstić information content (AvgIpc) is 3.33. The van der Waals surface area contributed by atoms with Crippen molar-refractivity contribution in [1.82, 2.24) is 5.01 Å². The molecule has 0 saturated carbocycles. The molecule has 3 heterocycles. The van der Waals surface area contributed by atoms with Gasteiger partial charge in [-0.2, -0.15) is 5.10 Å². The zero-order valence-corrected chi connectivity index (χ0v) is 15.6. The van der Waals surface area contributed by atoms with Crippen LogP contribution in [0.5, 0.6) is 11.5 Å². The minimum Gasteiger partial charge on any atom is -0.493 e. The lowest BCUT2D eigenvalue weighted by Crippen LogP contribution is -2.34. The number of aryl methyl sites for hydroxylation is 1. The highest BCUT2D eigenvalue weighted by atomic mass is 19.1. The van der Waals surface area contributed by atoms with E-state index in [1.165, 1.54) is 12.1 Å². The number of halogens is 1. The van der Waals surface area contributed by atoms with Gasteiger partial charge < -0.3 is 13.9 Å². The van der Waals surface area contributed by atoms with E-state index in [-0.39, 0.29) is 11.9 Å². The molecule has 0 radical (unpaired) electrons. The number of hydrogen-bond donors (Lipinski definition) is 0. The standard InChI is InChI=1S/C22H19FN2O3/c1-13-9-10-19(27-13)17-12-18-16-7-4-8-20(26-2)21(16)28-22(25(18)24-17)14-5-3-6-15(23)11-14/h3-11,18,22H,12H2,1-2H3/t18-,22+/m0/s1. The number of ether oxygens (including phenoxy) is 2. The first-order valence-corrected chi connectivity index (χ1v) is 9.15. The molecule has 0 bridgehead atoms. The van der Waals surface area contributed by atoms with E-state index in [0.717, 1.165) is 22.8 Å². The summed E-state index contributed by atoms with van der Waals surface area (Å²) in [7, 11) is 1.62. The second-order valence-electron chi connectivity index (χ2n) is 6.96. The van der Waals surface area contributed by atoms with Gasteiger partial charge in [0.15, 0.2) is 11.5 Å². The van der Waals surface area contributed by atoms with Crippen LogP contribution in [-0.2, 0) is 0 Å². The van der Waals surface area contributed by atoms with Crippen molar-refractivity contribution in [1.29, 1.82) is 0 Å². The van der Waals surface area contributed by atoms with E-state index in [4.69, 9.17) is 19.0 Å². The minimum atomic E-state index is -0.557. The molecular formula is C22H19FN2O3. The first-order valence-electron chi connectivity index (χ1n) is 9.15. The van der Waals surface area contributed by atoms with E-state index in [1.54, 1.807) is 13.2 Å². The molecule has 2 atom stereocenters. The lowest BCUT2D eigenvalue weighted by Gasteiger charge is -2.38. The van der Waals surface area contributed by atoms with Crippen LogP contribution in [0.15, 0.2) is 64.1 Å². The van der Waals surface area contributed by atoms with E-state index < -0.39 is 6.23 Å². The highest BCUT2D eigenvalue weighted by Crippen LogP contribution is 2.50. The van der Waals surface area contributed by atoms with Gasteiger partial charge >= 0.3 is 0 Å². The molecule has 0 saturated heterocycles. The van der Waals surface area contributed by atoms with Gasteiger partial charge in [-0.3, -0.25) is 0 Å². The van der Waals surface area contributed by atoms with Crippen LogP contribution in [0.4, 0.5) is 4.39 Å². The highest BCUT2D eigenvalue weighted by molar-refractivity contribution is 5.99. The van der Waals surface area contributed by atoms with Gasteiger partial charge in [0, 0.05) is 17.5 Å². The summed E-state index contributed by atoms with van der Waals surface area (Å²) in [6, 6.07) is 16.0. The minimum absolute atomic E-state index is 0.0486. The predicted octanol–water partition coefficient (Wildman–Crippen LogP) is 4.98. The van der Waals surface area contributed by atoms with Crippen LogP contribution in [0.2, 0.25) is 0 Å². The number of hydrogen-bond acceptors (Lipinski definition) is 5. The number of nitrogens with zero attached hydrogens (tertiary/aromatic N) is 2. The van der Waals surface area contributed by atoms with Crippen molar-refractivity contribution in [2.24, 2.45) is 5.10 Å². The van der Waals surface area contributed by atoms with Gasteiger partial charge in [0.25, 0.3) is 0 Å². The number of methoxy groups -OCH3 is 1. The summed E-state index contributed by atoms with van der Waals surface area (Å²) < 4.78 is 31.5. The molecule has 5 rings (SSSR count). The third-order valence-electron chi connectivity index (χ3n) is 5.16. The SMILES string of the molecule is COc1cccc2c1O[C@H](c1cccc(F)c1)N1N=C(c3ccc(C)o3)C[C@@H]21. The third kappa shape index (κ3) is 2.64. The Morgan fingerprint density at radius 3 is 2.75 bits per heavy atom. The molecule has 0 unspecified atom stereocenters. The van der Waals surface area contributed by atoms with Gasteiger partial charge in [0.2, 0.25) is 6.23 Å². The fraction of sp³-hybridized carbons (Fsp3) is 0.227. The van der Waals surface area contributed by atoms with Gasteiger partial charge in [-0.05, 0) is 37.3 Å². The van der Waals surface area contributed by atoms with Crippen LogP contribution in [0.1, 0.15) is 41.3 Å². The average molecular weight is 378 g/mol. The molecular weight excluding hydrogens is 359 g/mol. The normalized spacial score (nSPS) is 20.2. The maximum atomic E-state index is 13.9. The Balaban J connectivity index is 1.63. The summed E-state index contributed by atoms with van der Waals surface area (Å²) in [6.07, 6.45) is 0.112. The smallest absolute Gasteiger partial charge is 0.214 e. The summed E-state index contributed by atoms with van der Waals surface area (Å²) in [5, 5.41) is 6.70. The van der Waals surface area contributed by atoms with Crippen LogP contribution in [0.25, 0.3) is 0 Å². The fourth-order valence-electron chi connectivity index (χ4n) is 3.86. The van der Waals surface area contributed by atoms with Gasteiger partial charge in [0.05, 0.1) is 13.2 Å². The molecule has 0 spiro atoms. The summed E-state index contributed by atoms with van der Waals surface area (Å²) >= 11 is 0. The molecule has 28 heavy (non-hydrogen) atoms. The molecule has 142 valence electrons. The van der Waals surface area contributed by atoms with Crippen LogP contribution in [-0.4, -0.2) is 17.8 Å². The van der Waals surface area contributed by atoms with Crippen molar-refractivity contribution in [2.75, 3.05) is 7.11 Å². The third-order valence-corrected chi connectivity index (χ3v) is 5.16. The molecule has 3 aromatic rings. The molecule has 0 amide bonds. The molecule has 0 fully saturated rings. The Morgan fingerprint density at radius 1 is 1.14 bits per heavy atom. The summed E-state index contributed by atoms with van der Waals surface area (Å²) in [5.74, 6) is 2.60. The first kappa shape index (κ1) is 16.9. The Labute approximate surface area is 162 Å². The van der Waals surface area contributed by atoms with Gasteiger partial charge in [-0.15, -0.1) is 0 Å². The maximum Gasteiger partial charge on any atom is 0.214 e. The number of furan rings is 1. The number of fused-ring (bicyclic) bond motifs is 3. The van der Waals surface area contributed by atoms with Crippen molar-refractivity contribution in [3.8, 4) is 11.5 Å². The number of benzene rings is 2. The maximum absolute atomic E-state index is 13.9. The molecule has 0 N–H and O–H groups in total. The first-order chi connectivity index (χ1) is 13.6. The van der Waals surface area contributed by atoms with Crippen LogP contribution in [0, 0.1) is 12.7 Å². The zero-order valence-electron chi connectivity index (χ0n) is 15.6. The number of rotatable bonds is 3. The second-order valence-corrected chi connectivity index (χ2v) is 6.96. The second kappa shape index (κ2) is 6.41. The van der Waals surface area contributed by atoms with E-state index in [2.05, 4.69) is 0 Å². The molecule has 2 aromatic carbocycles. The van der Waals surface area contributed by atoms with Crippen molar-refractivity contribution in [3.05, 3.63) is 83.1 Å². The van der Waals surface area contributed by atoms with E-state index in [9.17, 15) is 4.39 Å². The van der Waals surface area contributed by atoms with Crippen molar-refractivity contribution >= 4 is 5.71 Å². The summed E-state index contributed by atoms with van der Waals surface area (Å²) in [6.45, 7) is 1.91. The van der Waals surface area contributed by atoms with Gasteiger partial charge in [0.1, 0.15) is 23.0 Å². The summed E-state index contributed by atoms with van der Waals surface area (Å²) in [4.78, 5) is 0. The molecule has 2 aliphatic heterocycles. The molecule has 6 heteroatoms. The van der Waals surface area contributed by atoms with E-state index >= 15 is 0 Å². The number of para-hydroxylation sites is 1. The molecule has 2 aliphatic rings. The molecule has 5 nitrogen and oxygen atoms in total. The Bertz CT molecular complexity index is 1080. The zero-order chi connectivity index (χ0) is 19.3. The lowest BCUT2D eigenvalue weighted by molar-refractivity contribution is -0.0210. The molecule has 0 aliphatic carbocycles. The lowest BCUT2D eigenvalue weighted by atomic mass is 9.97. The monoisotopic (exact) mass is 378 g/mol. The predicted molar refractivity (Wildman–Crippen MR) is 102 cm³/mol. The molecule has 1 aromatic heterocycles. The Hall–Kier alpha value is -3.28. The fourth-order valence-corrected chi connectivity index (χ4v) is 3.86. The van der Waals surface area contributed by atoms with Gasteiger partial charge in [-0.1, -0.05) is 24.3 Å². The van der Waals surface area contributed by atoms with E-state index in [0.29, 0.717) is 23.5 Å². The Morgan fingerprint density at radius 2 is 2.00 bits per heavy atom. The highest BCUT2D eigenvalue weighted by Gasteiger charge is 2.42. The number of hydrazone groups is 1. The van der Waals surface area contributed by atoms with Crippen LogP contribution in [0.3, 0.4) is 0 Å². The van der Waals surface area contributed by atoms with E-state index in [1.807, 2.05) is 48.3 Å². The van der Waals surface area contributed by atoms with Crippen LogP contribution >= 0.6 is 0 Å². The quantitative estimate of drug-likeness (QED) is 0.645. The summed E-state index contributed by atoms with van der Waals surface area (Å²) in [5.41, 5.74) is 2.54. The van der Waals surface area contributed by atoms with Crippen molar-refractivity contribution < 1.29 is 18.3 Å².